The average molecular weight is 498 g/mol. The monoisotopic (exact) mass is 497 g/mol. The predicted molar refractivity (Wildman–Crippen MR) is 132 cm³/mol. The summed E-state index contributed by atoms with van der Waals surface area (Å²) in [7, 11) is -3.71. The zero-order valence-corrected chi connectivity index (χ0v) is 20.7. The number of anilines is 1. The number of nitrogens with one attached hydrogen (secondary N) is 1. The number of nitrogens with zero attached hydrogens (tertiary/aromatic N) is 2. The van der Waals surface area contributed by atoms with E-state index in [-0.39, 0.29) is 35.9 Å². The number of benzene rings is 2. The molecule has 2 heterocycles. The van der Waals surface area contributed by atoms with E-state index in [0.29, 0.717) is 30.4 Å². The summed E-state index contributed by atoms with van der Waals surface area (Å²) < 4.78 is 33.6. The Morgan fingerprint density at radius 2 is 1.89 bits per heavy atom. The second-order valence-corrected chi connectivity index (χ2v) is 11.6. The van der Waals surface area contributed by atoms with E-state index in [4.69, 9.17) is 4.74 Å². The molecule has 1 saturated heterocycles. The van der Waals surface area contributed by atoms with Gasteiger partial charge in [0.1, 0.15) is 12.3 Å². The zero-order valence-electron chi connectivity index (χ0n) is 19.9. The maximum absolute atomic E-state index is 13.3. The van der Waals surface area contributed by atoms with Gasteiger partial charge in [-0.25, -0.2) is 8.42 Å². The number of carbonyl (C=O) groups is 2. The number of rotatable bonds is 5. The van der Waals surface area contributed by atoms with Crippen molar-refractivity contribution in [3.8, 4) is 5.75 Å². The van der Waals surface area contributed by atoms with Gasteiger partial charge < -0.3 is 10.1 Å². The Hall–Kier alpha value is -2.91. The van der Waals surface area contributed by atoms with Gasteiger partial charge in [-0.15, -0.1) is 0 Å². The normalized spacial score (nSPS) is 21.1. The first kappa shape index (κ1) is 23.8. The van der Waals surface area contributed by atoms with E-state index < -0.39 is 10.0 Å². The number of piperidine rings is 1. The Labute approximate surface area is 206 Å². The van der Waals surface area contributed by atoms with E-state index in [9.17, 15) is 18.0 Å². The van der Waals surface area contributed by atoms with Crippen LogP contribution in [0, 0.1) is 5.92 Å². The van der Waals surface area contributed by atoms with Crippen molar-refractivity contribution in [1.29, 1.82) is 0 Å². The van der Waals surface area contributed by atoms with Crippen molar-refractivity contribution >= 4 is 27.5 Å². The van der Waals surface area contributed by atoms with Gasteiger partial charge in [-0.3, -0.25) is 14.5 Å². The van der Waals surface area contributed by atoms with Crippen molar-refractivity contribution in [2.75, 3.05) is 31.1 Å². The minimum absolute atomic E-state index is 0.101. The van der Waals surface area contributed by atoms with Crippen LogP contribution in [0.3, 0.4) is 0 Å². The molecule has 0 saturated carbocycles. The third-order valence-electron chi connectivity index (χ3n) is 7.26. The Kier molecular flexibility index (Phi) is 6.55. The highest BCUT2D eigenvalue weighted by molar-refractivity contribution is 7.89. The van der Waals surface area contributed by atoms with Gasteiger partial charge in [-0.1, -0.05) is 31.2 Å². The molecule has 1 N–H and O–H groups in total. The molecule has 5 rings (SSSR count). The maximum atomic E-state index is 13.3. The summed E-state index contributed by atoms with van der Waals surface area (Å²) in [6.07, 6.45) is 4.46. The lowest BCUT2D eigenvalue weighted by molar-refractivity contribution is -0.125. The molecule has 0 unspecified atom stereocenters. The van der Waals surface area contributed by atoms with Crippen LogP contribution in [0.2, 0.25) is 0 Å². The number of sulfonamides is 1. The number of amides is 2. The molecule has 2 aromatic rings. The van der Waals surface area contributed by atoms with Gasteiger partial charge in [-0.05, 0) is 67.3 Å². The second-order valence-electron chi connectivity index (χ2n) is 9.70. The first-order valence-electron chi connectivity index (χ1n) is 12.3. The molecule has 35 heavy (non-hydrogen) atoms. The Bertz CT molecular complexity index is 1240. The van der Waals surface area contributed by atoms with Crippen molar-refractivity contribution in [2.24, 2.45) is 5.92 Å². The van der Waals surface area contributed by atoms with Crippen LogP contribution in [0.1, 0.15) is 49.8 Å². The summed E-state index contributed by atoms with van der Waals surface area (Å²) in [6.45, 7) is 2.69. The van der Waals surface area contributed by atoms with Gasteiger partial charge in [0.2, 0.25) is 15.9 Å². The lowest BCUT2D eigenvalue weighted by Gasteiger charge is -2.32. The third-order valence-corrected chi connectivity index (χ3v) is 9.15. The second kappa shape index (κ2) is 9.62. The van der Waals surface area contributed by atoms with Crippen molar-refractivity contribution < 1.29 is 22.7 Å². The lowest BCUT2D eigenvalue weighted by atomic mass is 9.88. The van der Waals surface area contributed by atoms with Crippen LogP contribution in [0.5, 0.6) is 5.75 Å². The van der Waals surface area contributed by atoms with Crippen LogP contribution in [0.25, 0.3) is 0 Å². The van der Waals surface area contributed by atoms with Gasteiger partial charge in [0, 0.05) is 13.1 Å². The minimum atomic E-state index is -3.71. The Balaban J connectivity index is 1.36. The molecule has 0 aromatic heterocycles. The highest BCUT2D eigenvalue weighted by Gasteiger charge is 2.33. The van der Waals surface area contributed by atoms with Gasteiger partial charge in [0.15, 0.2) is 6.61 Å². The molecule has 0 spiro atoms. The molecule has 1 fully saturated rings. The molecule has 2 aromatic carbocycles. The average Bonchev–Trinajstić information content (AvgIpc) is 2.86. The standard InChI is InChI=1S/C26H31N3O5S/c1-18-11-13-28(14-12-18)35(32,33)20-9-10-24-23(15-20)29(26(31)17-34-24)16-25(30)27-22-8-4-6-19-5-2-3-7-21(19)22/h2-3,5,7,9-10,15,18,22H,4,6,8,11-14,16-17H2,1H3,(H,27,30)/t22-/m0/s1. The van der Waals surface area contributed by atoms with Gasteiger partial charge in [0.05, 0.1) is 16.6 Å². The summed E-state index contributed by atoms with van der Waals surface area (Å²) in [6, 6.07) is 12.5. The van der Waals surface area contributed by atoms with Crippen molar-refractivity contribution in [2.45, 2.75) is 50.0 Å². The highest BCUT2D eigenvalue weighted by atomic mass is 32.2. The SMILES string of the molecule is CC1CCN(S(=O)(=O)c2ccc3c(c2)N(CC(=O)N[C@H]2CCCc4ccccc42)C(=O)CO3)CC1. The van der Waals surface area contributed by atoms with Crippen LogP contribution in [0.15, 0.2) is 47.4 Å². The van der Waals surface area contributed by atoms with Crippen LogP contribution >= 0.6 is 0 Å². The Morgan fingerprint density at radius 1 is 1.11 bits per heavy atom. The summed E-state index contributed by atoms with van der Waals surface area (Å²) in [5, 5.41) is 3.07. The molecular weight excluding hydrogens is 466 g/mol. The van der Waals surface area contributed by atoms with E-state index in [2.05, 4.69) is 18.3 Å². The van der Waals surface area contributed by atoms with Crippen LogP contribution in [-0.2, 0) is 26.0 Å². The number of hydrogen-bond donors (Lipinski definition) is 1. The molecule has 186 valence electrons. The van der Waals surface area contributed by atoms with Crippen LogP contribution in [0.4, 0.5) is 5.69 Å². The molecule has 0 radical (unpaired) electrons. The largest absolute Gasteiger partial charge is 0.482 e. The van der Waals surface area contributed by atoms with Gasteiger partial charge in [0.25, 0.3) is 5.91 Å². The molecule has 1 aliphatic carbocycles. The van der Waals surface area contributed by atoms with Crippen molar-refractivity contribution in [3.63, 3.8) is 0 Å². The van der Waals surface area contributed by atoms with Crippen LogP contribution < -0.4 is 15.0 Å². The quantitative estimate of drug-likeness (QED) is 0.685. The summed E-state index contributed by atoms with van der Waals surface area (Å²) >= 11 is 0. The van der Waals surface area contributed by atoms with E-state index in [0.717, 1.165) is 37.7 Å². The summed E-state index contributed by atoms with van der Waals surface area (Å²) in [5.41, 5.74) is 2.66. The predicted octanol–water partition coefficient (Wildman–Crippen LogP) is 3.03. The number of aryl methyl sites for hydroxylation is 1. The smallest absolute Gasteiger partial charge is 0.265 e. The fourth-order valence-electron chi connectivity index (χ4n) is 5.18. The molecule has 9 heteroatoms. The van der Waals surface area contributed by atoms with Crippen molar-refractivity contribution in [1.82, 2.24) is 9.62 Å². The maximum Gasteiger partial charge on any atom is 0.265 e. The van der Waals surface area contributed by atoms with Gasteiger partial charge in [-0.2, -0.15) is 4.31 Å². The van der Waals surface area contributed by atoms with Gasteiger partial charge >= 0.3 is 0 Å². The zero-order chi connectivity index (χ0) is 24.6. The topological polar surface area (TPSA) is 96.0 Å². The number of carbonyl (C=O) groups excluding carboxylic acids is 2. The van der Waals surface area contributed by atoms with E-state index in [1.54, 1.807) is 6.07 Å². The van der Waals surface area contributed by atoms with Crippen LogP contribution in [-0.4, -0.2) is 50.8 Å². The fraction of sp³-hybridized carbons (Fsp3) is 0.462. The lowest BCUT2D eigenvalue weighted by Crippen LogP contribution is -2.46. The first-order valence-corrected chi connectivity index (χ1v) is 13.7. The van der Waals surface area contributed by atoms with Crippen molar-refractivity contribution in [3.05, 3.63) is 53.6 Å². The molecule has 2 aliphatic heterocycles. The number of hydrogen-bond acceptors (Lipinski definition) is 5. The molecule has 1 atom stereocenters. The van der Waals surface area contributed by atoms with E-state index in [1.807, 2.05) is 18.2 Å². The number of fused-ring (bicyclic) bond motifs is 2. The Morgan fingerprint density at radius 3 is 2.69 bits per heavy atom. The number of ether oxygens (including phenoxy) is 1. The summed E-state index contributed by atoms with van der Waals surface area (Å²) in [5.74, 6) is 0.233. The minimum Gasteiger partial charge on any atom is -0.482 e. The first-order chi connectivity index (χ1) is 16.8. The fourth-order valence-corrected chi connectivity index (χ4v) is 6.67. The van der Waals surface area contributed by atoms with E-state index in [1.165, 1.54) is 26.9 Å². The highest BCUT2D eigenvalue weighted by Crippen LogP contribution is 2.36. The van der Waals surface area contributed by atoms with E-state index >= 15 is 0 Å². The molecule has 3 aliphatic rings. The third kappa shape index (κ3) is 4.79. The molecule has 0 bridgehead atoms. The summed E-state index contributed by atoms with van der Waals surface area (Å²) in [4.78, 5) is 27.2. The molecule has 2 amide bonds. The molecule has 8 nitrogen and oxygen atoms in total. The molecular formula is C26H31N3O5S.